The summed E-state index contributed by atoms with van der Waals surface area (Å²) in [5.41, 5.74) is 0. The molecule has 1 heterocycles. The number of Topliss-reactive ketones (excluding diaryl/α,β-unsaturated/α-hetero) is 1. The summed E-state index contributed by atoms with van der Waals surface area (Å²) in [6.45, 7) is 6.76. The van der Waals surface area contributed by atoms with Gasteiger partial charge in [-0.3, -0.25) is 14.5 Å². The summed E-state index contributed by atoms with van der Waals surface area (Å²) in [6.07, 6.45) is 3.28. The molecular weight excluding hydrogens is 218 g/mol. The zero-order valence-electron chi connectivity index (χ0n) is 11.1. The normalized spacial score (nSPS) is 24.9. The van der Waals surface area contributed by atoms with E-state index in [-0.39, 0.29) is 12.2 Å². The van der Waals surface area contributed by atoms with Gasteiger partial charge in [0.15, 0.2) is 5.78 Å². The van der Waals surface area contributed by atoms with Gasteiger partial charge in [0.25, 0.3) is 0 Å². The number of carbonyl (C=O) groups is 2. The highest BCUT2D eigenvalue weighted by molar-refractivity contribution is 5.96. The van der Waals surface area contributed by atoms with Crippen molar-refractivity contribution in [3.63, 3.8) is 0 Å². The quantitative estimate of drug-likeness (QED) is 0.525. The number of rotatable bonds is 6. The second-order valence-electron chi connectivity index (χ2n) is 4.68. The highest BCUT2D eigenvalue weighted by Gasteiger charge is 2.30. The van der Waals surface area contributed by atoms with E-state index < -0.39 is 5.97 Å². The largest absolute Gasteiger partial charge is 0.466 e. The Bertz CT molecular complexity index is 278. The lowest BCUT2D eigenvalue weighted by molar-refractivity contribution is -0.145. The van der Waals surface area contributed by atoms with E-state index in [0.29, 0.717) is 25.2 Å². The van der Waals surface area contributed by atoms with Gasteiger partial charge in [0.1, 0.15) is 6.42 Å². The number of nitrogens with zero attached hydrogens (tertiary/aromatic N) is 1. The van der Waals surface area contributed by atoms with E-state index in [1.807, 2.05) is 0 Å². The summed E-state index contributed by atoms with van der Waals surface area (Å²) in [6, 6.07) is 0.947. The lowest BCUT2D eigenvalue weighted by Crippen LogP contribution is -2.38. The minimum Gasteiger partial charge on any atom is -0.466 e. The molecule has 4 heteroatoms. The molecule has 0 aromatic heterocycles. The van der Waals surface area contributed by atoms with Crippen molar-refractivity contribution in [2.45, 2.75) is 58.5 Å². The molecule has 17 heavy (non-hydrogen) atoms. The van der Waals surface area contributed by atoms with Gasteiger partial charge in [0, 0.05) is 12.1 Å². The van der Waals surface area contributed by atoms with Crippen molar-refractivity contribution in [2.24, 2.45) is 0 Å². The molecule has 4 nitrogen and oxygen atoms in total. The molecule has 2 unspecified atom stereocenters. The summed E-state index contributed by atoms with van der Waals surface area (Å²) in [7, 11) is 0. The molecule has 0 bridgehead atoms. The molecule has 0 amide bonds. The minimum atomic E-state index is -0.405. The zero-order valence-corrected chi connectivity index (χ0v) is 11.1. The molecule has 0 saturated carbocycles. The molecular formula is C13H23NO3. The topological polar surface area (TPSA) is 46.6 Å². The van der Waals surface area contributed by atoms with Gasteiger partial charge >= 0.3 is 5.97 Å². The molecule has 0 spiro atoms. The Kier molecular flexibility index (Phi) is 5.62. The first kappa shape index (κ1) is 14.2. The van der Waals surface area contributed by atoms with E-state index in [4.69, 9.17) is 4.74 Å². The van der Waals surface area contributed by atoms with E-state index in [9.17, 15) is 9.59 Å². The van der Waals surface area contributed by atoms with E-state index in [2.05, 4.69) is 18.7 Å². The van der Waals surface area contributed by atoms with Crippen LogP contribution in [-0.4, -0.2) is 41.9 Å². The van der Waals surface area contributed by atoms with Crippen LogP contribution in [0.1, 0.15) is 46.5 Å². The van der Waals surface area contributed by atoms with Gasteiger partial charge in [0.05, 0.1) is 13.2 Å². The number of esters is 1. The van der Waals surface area contributed by atoms with Crippen LogP contribution in [-0.2, 0) is 14.3 Å². The Balaban J connectivity index is 2.41. The summed E-state index contributed by atoms with van der Waals surface area (Å²) in [5.74, 6) is -0.437. The minimum absolute atomic E-state index is 0.0318. The molecule has 1 saturated heterocycles. The Hall–Kier alpha value is -0.900. The molecule has 0 aromatic rings. The maximum atomic E-state index is 11.7. The van der Waals surface area contributed by atoms with Crippen molar-refractivity contribution in [3.05, 3.63) is 0 Å². The third-order valence-electron chi connectivity index (χ3n) is 3.43. The van der Waals surface area contributed by atoms with Crippen LogP contribution < -0.4 is 0 Å². The molecule has 1 aliphatic heterocycles. The molecule has 0 aromatic carbocycles. The van der Waals surface area contributed by atoms with Crippen molar-refractivity contribution < 1.29 is 14.3 Å². The van der Waals surface area contributed by atoms with Gasteiger partial charge in [-0.1, -0.05) is 6.92 Å². The Labute approximate surface area is 103 Å². The number of hydrogen-bond donors (Lipinski definition) is 0. The maximum Gasteiger partial charge on any atom is 0.313 e. The molecule has 0 N–H and O–H groups in total. The van der Waals surface area contributed by atoms with Gasteiger partial charge < -0.3 is 4.74 Å². The number of carbonyl (C=O) groups excluding carboxylic acids is 2. The predicted molar refractivity (Wildman–Crippen MR) is 65.7 cm³/mol. The fourth-order valence-corrected chi connectivity index (χ4v) is 2.48. The smallest absolute Gasteiger partial charge is 0.313 e. The molecule has 0 aliphatic carbocycles. The highest BCUT2D eigenvalue weighted by atomic mass is 16.5. The average molecular weight is 241 g/mol. The van der Waals surface area contributed by atoms with Gasteiger partial charge in [-0.2, -0.15) is 0 Å². The van der Waals surface area contributed by atoms with Crippen LogP contribution in [0.15, 0.2) is 0 Å². The second kappa shape index (κ2) is 6.74. The number of ether oxygens (including phenoxy) is 1. The van der Waals surface area contributed by atoms with Crippen LogP contribution in [0.25, 0.3) is 0 Å². The van der Waals surface area contributed by atoms with E-state index in [1.54, 1.807) is 6.92 Å². The fourth-order valence-electron chi connectivity index (χ4n) is 2.48. The fraction of sp³-hybridized carbons (Fsp3) is 0.846. The first-order valence-corrected chi connectivity index (χ1v) is 6.51. The maximum absolute atomic E-state index is 11.7. The Morgan fingerprint density at radius 1 is 1.29 bits per heavy atom. The van der Waals surface area contributed by atoms with Crippen LogP contribution in [0.5, 0.6) is 0 Å². The third kappa shape index (κ3) is 4.11. The third-order valence-corrected chi connectivity index (χ3v) is 3.43. The summed E-state index contributed by atoms with van der Waals surface area (Å²) >= 11 is 0. The summed E-state index contributed by atoms with van der Waals surface area (Å²) in [4.78, 5) is 25.2. The number of ketones is 1. The summed E-state index contributed by atoms with van der Waals surface area (Å²) < 4.78 is 4.78. The zero-order chi connectivity index (χ0) is 12.8. The highest BCUT2D eigenvalue weighted by Crippen LogP contribution is 2.25. The lowest BCUT2D eigenvalue weighted by atomic mass is 10.1. The molecule has 1 aliphatic rings. The van der Waals surface area contributed by atoms with Gasteiger partial charge in [0.2, 0.25) is 0 Å². The van der Waals surface area contributed by atoms with Crippen molar-refractivity contribution in [3.8, 4) is 0 Å². The average Bonchev–Trinajstić information content (AvgIpc) is 2.60. The first-order valence-electron chi connectivity index (χ1n) is 6.51. The van der Waals surface area contributed by atoms with Crippen LogP contribution in [0.4, 0.5) is 0 Å². The van der Waals surface area contributed by atoms with E-state index in [0.717, 1.165) is 19.3 Å². The predicted octanol–water partition coefficient (Wildman–Crippen LogP) is 1.77. The van der Waals surface area contributed by atoms with Crippen molar-refractivity contribution in [1.29, 1.82) is 0 Å². The van der Waals surface area contributed by atoms with Crippen molar-refractivity contribution in [2.75, 3.05) is 13.2 Å². The van der Waals surface area contributed by atoms with Crippen molar-refractivity contribution >= 4 is 11.8 Å². The summed E-state index contributed by atoms with van der Waals surface area (Å²) in [5, 5.41) is 0. The van der Waals surface area contributed by atoms with Gasteiger partial charge in [-0.25, -0.2) is 0 Å². The van der Waals surface area contributed by atoms with Gasteiger partial charge in [-0.15, -0.1) is 0 Å². The van der Waals surface area contributed by atoms with Gasteiger partial charge in [-0.05, 0) is 33.1 Å². The standard InChI is InChI=1S/C13H23NO3/c1-4-11-7-6-10(3)14(11)9-12(15)8-13(16)17-5-2/h10-11H,4-9H2,1-3H3. The van der Waals surface area contributed by atoms with Crippen LogP contribution in [0.2, 0.25) is 0 Å². The Morgan fingerprint density at radius 3 is 2.59 bits per heavy atom. The van der Waals surface area contributed by atoms with Crippen LogP contribution in [0, 0.1) is 0 Å². The lowest BCUT2D eigenvalue weighted by Gasteiger charge is -2.26. The Morgan fingerprint density at radius 2 is 2.00 bits per heavy atom. The molecule has 2 atom stereocenters. The van der Waals surface area contributed by atoms with E-state index in [1.165, 1.54) is 0 Å². The van der Waals surface area contributed by atoms with Crippen LogP contribution >= 0.6 is 0 Å². The van der Waals surface area contributed by atoms with E-state index >= 15 is 0 Å². The molecule has 1 fully saturated rings. The molecule has 0 radical (unpaired) electrons. The monoisotopic (exact) mass is 241 g/mol. The van der Waals surface area contributed by atoms with Crippen molar-refractivity contribution in [1.82, 2.24) is 4.90 Å². The second-order valence-corrected chi connectivity index (χ2v) is 4.68. The number of likely N-dealkylation sites (tertiary alicyclic amines) is 1. The molecule has 1 rings (SSSR count). The van der Waals surface area contributed by atoms with Crippen LogP contribution in [0.3, 0.4) is 0 Å². The number of hydrogen-bond acceptors (Lipinski definition) is 4. The SMILES string of the molecule is CCOC(=O)CC(=O)CN1C(C)CCC1CC. The first-order chi connectivity index (χ1) is 8.08. The molecule has 98 valence electrons.